The Kier molecular flexibility index (Phi) is 6.53. The Hall–Kier alpha value is -0.780. The van der Waals surface area contributed by atoms with Gasteiger partial charge in [-0.3, -0.25) is 4.79 Å². The van der Waals surface area contributed by atoms with Crippen LogP contribution in [0.25, 0.3) is 0 Å². The molecule has 0 unspecified atom stereocenters. The average molecular weight is 320 g/mol. The molecule has 2 aliphatic rings. The number of halogens is 3. The molecular formula is C16H27F3N2O. The summed E-state index contributed by atoms with van der Waals surface area (Å²) in [4.78, 5) is 11.8. The van der Waals surface area contributed by atoms with Gasteiger partial charge < -0.3 is 10.6 Å². The molecule has 0 aromatic rings. The summed E-state index contributed by atoms with van der Waals surface area (Å²) in [7, 11) is 0. The van der Waals surface area contributed by atoms with Crippen LogP contribution in [0.2, 0.25) is 0 Å². The van der Waals surface area contributed by atoms with Gasteiger partial charge in [-0.25, -0.2) is 0 Å². The van der Waals surface area contributed by atoms with Gasteiger partial charge in [0.2, 0.25) is 5.91 Å². The Morgan fingerprint density at radius 2 is 1.64 bits per heavy atom. The average Bonchev–Trinajstić information content (AvgIpc) is 2.51. The lowest BCUT2D eigenvalue weighted by Gasteiger charge is -2.30. The molecule has 128 valence electrons. The normalized spacial score (nSPS) is 27.6. The van der Waals surface area contributed by atoms with Crippen molar-refractivity contribution in [2.24, 2.45) is 17.8 Å². The van der Waals surface area contributed by atoms with Crippen molar-refractivity contribution in [2.75, 3.05) is 19.6 Å². The third kappa shape index (κ3) is 5.78. The van der Waals surface area contributed by atoms with E-state index < -0.39 is 12.1 Å². The Morgan fingerprint density at radius 3 is 2.23 bits per heavy atom. The van der Waals surface area contributed by atoms with Crippen molar-refractivity contribution in [3.8, 4) is 0 Å². The smallest absolute Gasteiger partial charge is 0.356 e. The van der Waals surface area contributed by atoms with Crippen LogP contribution in [0.4, 0.5) is 13.2 Å². The fourth-order valence-electron chi connectivity index (χ4n) is 3.55. The molecular weight excluding hydrogens is 293 g/mol. The van der Waals surface area contributed by atoms with Gasteiger partial charge in [0.05, 0.1) is 5.92 Å². The first-order valence-corrected chi connectivity index (χ1v) is 8.49. The zero-order valence-corrected chi connectivity index (χ0v) is 13.1. The van der Waals surface area contributed by atoms with Crippen molar-refractivity contribution in [3.63, 3.8) is 0 Å². The quantitative estimate of drug-likeness (QED) is 0.816. The van der Waals surface area contributed by atoms with Gasteiger partial charge in [0.25, 0.3) is 0 Å². The van der Waals surface area contributed by atoms with Gasteiger partial charge in [-0.1, -0.05) is 0 Å². The SMILES string of the molecule is O=C(CCC1CCNCC1)NCC1CCC(C(F)(F)F)CC1. The molecule has 0 spiro atoms. The van der Waals surface area contributed by atoms with E-state index in [4.69, 9.17) is 0 Å². The molecule has 1 saturated heterocycles. The number of carbonyl (C=O) groups is 1. The molecule has 1 amide bonds. The van der Waals surface area contributed by atoms with E-state index in [9.17, 15) is 18.0 Å². The molecule has 2 N–H and O–H groups in total. The van der Waals surface area contributed by atoms with E-state index in [0.29, 0.717) is 31.7 Å². The van der Waals surface area contributed by atoms with E-state index in [0.717, 1.165) is 32.4 Å². The number of hydrogen-bond donors (Lipinski definition) is 2. The monoisotopic (exact) mass is 320 g/mol. The highest BCUT2D eigenvalue weighted by Crippen LogP contribution is 2.39. The van der Waals surface area contributed by atoms with Crippen molar-refractivity contribution < 1.29 is 18.0 Å². The number of amides is 1. The predicted octanol–water partition coefficient (Wildman–Crippen LogP) is 3.25. The fraction of sp³-hybridized carbons (Fsp3) is 0.938. The van der Waals surface area contributed by atoms with Crippen LogP contribution in [0.1, 0.15) is 51.4 Å². The number of hydrogen-bond acceptors (Lipinski definition) is 2. The molecule has 2 fully saturated rings. The van der Waals surface area contributed by atoms with Crippen molar-refractivity contribution in [1.82, 2.24) is 10.6 Å². The zero-order chi connectivity index (χ0) is 16.0. The third-order valence-electron chi connectivity index (χ3n) is 5.14. The first-order valence-electron chi connectivity index (χ1n) is 8.49. The molecule has 1 heterocycles. The topological polar surface area (TPSA) is 41.1 Å². The molecule has 0 radical (unpaired) electrons. The van der Waals surface area contributed by atoms with Crippen LogP contribution in [-0.2, 0) is 4.79 Å². The lowest BCUT2D eigenvalue weighted by atomic mass is 9.81. The molecule has 0 bridgehead atoms. The zero-order valence-electron chi connectivity index (χ0n) is 13.1. The van der Waals surface area contributed by atoms with Crippen LogP contribution in [-0.4, -0.2) is 31.7 Å². The number of nitrogens with one attached hydrogen (secondary N) is 2. The Morgan fingerprint density at radius 1 is 1.00 bits per heavy atom. The highest BCUT2D eigenvalue weighted by Gasteiger charge is 2.41. The van der Waals surface area contributed by atoms with Gasteiger partial charge in [0.1, 0.15) is 0 Å². The maximum atomic E-state index is 12.6. The van der Waals surface area contributed by atoms with Gasteiger partial charge in [-0.05, 0) is 69.9 Å². The molecule has 22 heavy (non-hydrogen) atoms. The van der Waals surface area contributed by atoms with E-state index in [1.807, 2.05) is 0 Å². The second-order valence-electron chi connectivity index (χ2n) is 6.80. The van der Waals surface area contributed by atoms with Gasteiger partial charge in [0, 0.05) is 13.0 Å². The van der Waals surface area contributed by atoms with E-state index in [1.165, 1.54) is 0 Å². The van der Waals surface area contributed by atoms with Crippen LogP contribution in [0.3, 0.4) is 0 Å². The van der Waals surface area contributed by atoms with Crippen LogP contribution in [0.5, 0.6) is 0 Å². The second kappa shape index (κ2) is 8.18. The second-order valence-corrected chi connectivity index (χ2v) is 6.80. The minimum atomic E-state index is -4.05. The lowest BCUT2D eigenvalue weighted by Crippen LogP contribution is -2.34. The van der Waals surface area contributed by atoms with E-state index in [2.05, 4.69) is 10.6 Å². The summed E-state index contributed by atoms with van der Waals surface area (Å²) >= 11 is 0. The standard InChI is InChI=1S/C16H27F3N2O/c17-16(18,19)14-4-1-13(2-5-14)11-21-15(22)6-3-12-7-9-20-10-8-12/h12-14,20H,1-11H2,(H,21,22). The molecule has 3 nitrogen and oxygen atoms in total. The van der Waals surface area contributed by atoms with Gasteiger partial charge in [-0.2, -0.15) is 13.2 Å². The summed E-state index contributed by atoms with van der Waals surface area (Å²) in [6.45, 7) is 2.61. The molecule has 1 aliphatic carbocycles. The third-order valence-corrected chi connectivity index (χ3v) is 5.14. The fourth-order valence-corrected chi connectivity index (χ4v) is 3.55. The number of piperidine rings is 1. The molecule has 0 atom stereocenters. The summed E-state index contributed by atoms with van der Waals surface area (Å²) in [6.07, 6.45) is 1.24. The molecule has 6 heteroatoms. The van der Waals surface area contributed by atoms with Gasteiger partial charge in [0.15, 0.2) is 0 Å². The molecule has 0 aromatic carbocycles. The van der Waals surface area contributed by atoms with E-state index >= 15 is 0 Å². The highest BCUT2D eigenvalue weighted by molar-refractivity contribution is 5.75. The summed E-state index contributed by atoms with van der Waals surface area (Å²) in [5.74, 6) is -0.244. The maximum Gasteiger partial charge on any atom is 0.391 e. The summed E-state index contributed by atoms with van der Waals surface area (Å²) in [5, 5.41) is 6.21. The lowest BCUT2D eigenvalue weighted by molar-refractivity contribution is -0.183. The Bertz CT molecular complexity index is 346. The van der Waals surface area contributed by atoms with Crippen LogP contribution in [0.15, 0.2) is 0 Å². The minimum absolute atomic E-state index is 0.0523. The van der Waals surface area contributed by atoms with Gasteiger partial charge >= 0.3 is 6.18 Å². The Labute approximate surface area is 130 Å². The summed E-state index contributed by atoms with van der Waals surface area (Å²) < 4.78 is 37.8. The summed E-state index contributed by atoms with van der Waals surface area (Å²) in [6, 6.07) is 0. The van der Waals surface area contributed by atoms with Crippen LogP contribution >= 0.6 is 0 Å². The van der Waals surface area contributed by atoms with Gasteiger partial charge in [-0.15, -0.1) is 0 Å². The molecule has 1 aliphatic heterocycles. The Balaban J connectivity index is 1.57. The molecule has 2 rings (SSSR count). The van der Waals surface area contributed by atoms with E-state index in [-0.39, 0.29) is 24.7 Å². The predicted molar refractivity (Wildman–Crippen MR) is 79.3 cm³/mol. The molecule has 1 saturated carbocycles. The largest absolute Gasteiger partial charge is 0.391 e. The highest BCUT2D eigenvalue weighted by atomic mass is 19.4. The minimum Gasteiger partial charge on any atom is -0.356 e. The van der Waals surface area contributed by atoms with Crippen molar-refractivity contribution in [1.29, 1.82) is 0 Å². The first kappa shape index (κ1) is 17.6. The van der Waals surface area contributed by atoms with Crippen molar-refractivity contribution in [2.45, 2.75) is 57.5 Å². The maximum absolute atomic E-state index is 12.6. The van der Waals surface area contributed by atoms with Crippen molar-refractivity contribution >= 4 is 5.91 Å². The number of rotatable bonds is 5. The molecule has 0 aromatic heterocycles. The number of carbonyl (C=O) groups excluding carboxylic acids is 1. The van der Waals surface area contributed by atoms with Crippen molar-refractivity contribution in [3.05, 3.63) is 0 Å². The number of alkyl halides is 3. The van der Waals surface area contributed by atoms with E-state index in [1.54, 1.807) is 0 Å². The van der Waals surface area contributed by atoms with Crippen LogP contribution < -0.4 is 10.6 Å². The van der Waals surface area contributed by atoms with Crippen LogP contribution in [0, 0.1) is 17.8 Å². The summed E-state index contributed by atoms with van der Waals surface area (Å²) in [5.41, 5.74) is 0. The first-order chi connectivity index (χ1) is 10.4.